The van der Waals surface area contributed by atoms with Gasteiger partial charge in [0.05, 0.1) is 35.4 Å². The monoisotopic (exact) mass is 591 g/mol. The van der Waals surface area contributed by atoms with Crippen LogP contribution in [-0.4, -0.2) is 63.8 Å². The van der Waals surface area contributed by atoms with Gasteiger partial charge in [0, 0.05) is 47.7 Å². The molecule has 3 saturated heterocycles. The number of benzene rings is 1. The Bertz CT molecular complexity index is 1840. The zero-order valence-electron chi connectivity index (χ0n) is 23.4. The predicted molar refractivity (Wildman–Crippen MR) is 153 cm³/mol. The van der Waals surface area contributed by atoms with Crippen molar-refractivity contribution in [1.29, 1.82) is 5.26 Å². The van der Waals surface area contributed by atoms with Gasteiger partial charge in [-0.25, -0.2) is 23.5 Å². The van der Waals surface area contributed by atoms with Crippen molar-refractivity contribution in [2.75, 3.05) is 30.4 Å². The van der Waals surface area contributed by atoms with Gasteiger partial charge >= 0.3 is 6.09 Å². The molecule has 2 atom stereocenters. The number of hydrogen-bond donors (Lipinski definition) is 1. The largest absolute Gasteiger partial charge is 0.444 e. The molecule has 1 N–H and O–H groups in total. The number of nitriles is 1. The number of piperidine rings is 1. The third kappa shape index (κ3) is 4.16. The van der Waals surface area contributed by atoms with E-state index in [0.717, 1.165) is 42.6 Å². The minimum Gasteiger partial charge on any atom is -0.444 e. The molecule has 2 bridgehead atoms. The Morgan fingerprint density at radius 1 is 1.19 bits per heavy atom. The molecule has 2 unspecified atom stereocenters. The molecule has 216 valence electrons. The number of nitrogens with zero attached hydrogens (tertiary/aromatic N) is 6. The molecule has 3 fully saturated rings. The van der Waals surface area contributed by atoms with Crippen LogP contribution in [0.1, 0.15) is 43.9 Å². The summed E-state index contributed by atoms with van der Waals surface area (Å²) in [6.07, 6.45) is 2.90. The molecule has 4 aliphatic rings. The van der Waals surface area contributed by atoms with Crippen LogP contribution < -0.4 is 10.2 Å². The average Bonchev–Trinajstić information content (AvgIpc) is 3.54. The van der Waals surface area contributed by atoms with Crippen molar-refractivity contribution in [1.82, 2.24) is 19.9 Å². The molecule has 1 amide bonds. The fourth-order valence-corrected chi connectivity index (χ4v) is 7.31. The summed E-state index contributed by atoms with van der Waals surface area (Å²) in [4.78, 5) is 30.6. The number of fused-ring (bicyclic) bond motifs is 6. The normalized spacial score (nSPS) is 20.0. The number of nitrogens with one attached hydrogen (secondary N) is 1. The molecule has 13 heteroatoms. The van der Waals surface area contributed by atoms with Crippen LogP contribution in [0.3, 0.4) is 0 Å². The third-order valence-corrected chi connectivity index (χ3v) is 9.04. The number of likely N-dealkylation sites (N-methyl/N-ethyl adjacent to an activating group) is 1. The van der Waals surface area contributed by atoms with Crippen molar-refractivity contribution in [2.24, 2.45) is 0 Å². The summed E-state index contributed by atoms with van der Waals surface area (Å²) in [5.41, 5.74) is 0.777. The van der Waals surface area contributed by atoms with Crippen LogP contribution in [0, 0.1) is 23.0 Å². The molecule has 7 heterocycles. The van der Waals surface area contributed by atoms with Crippen molar-refractivity contribution in [3.8, 4) is 17.3 Å². The van der Waals surface area contributed by atoms with Gasteiger partial charge in [0.2, 0.25) is 5.95 Å². The molecule has 0 radical (unpaired) electrons. The lowest BCUT2D eigenvalue weighted by Gasteiger charge is -2.55. The third-order valence-electron chi connectivity index (χ3n) is 7.93. The number of halogens is 2. The van der Waals surface area contributed by atoms with E-state index in [2.05, 4.69) is 38.2 Å². The summed E-state index contributed by atoms with van der Waals surface area (Å²) in [6.45, 7) is 7.22. The van der Waals surface area contributed by atoms with Gasteiger partial charge in [0.15, 0.2) is 11.6 Å². The SMILES string of the molecule is CN1CC2CC(C1)N2c1ncc2c3c(c(-c4ncc(F)c5sc(NC(=O)OC(C)(C)C)c(C#N)c45)c(F)c2n1)COC3. The van der Waals surface area contributed by atoms with Gasteiger partial charge in [-0.1, -0.05) is 0 Å². The van der Waals surface area contributed by atoms with Crippen molar-refractivity contribution in [3.63, 3.8) is 0 Å². The second kappa shape index (κ2) is 9.52. The van der Waals surface area contributed by atoms with E-state index in [1.807, 2.05) is 0 Å². The molecule has 0 spiro atoms. The molecular formula is C29H27F2N7O3S. The van der Waals surface area contributed by atoms with Crippen LogP contribution in [0.25, 0.3) is 32.2 Å². The lowest BCUT2D eigenvalue weighted by molar-refractivity contribution is 0.0636. The van der Waals surface area contributed by atoms with Gasteiger partial charge in [-0.3, -0.25) is 10.3 Å². The first kappa shape index (κ1) is 26.9. The number of amides is 1. The maximum atomic E-state index is 16.7. The van der Waals surface area contributed by atoms with E-state index in [1.54, 1.807) is 27.0 Å². The Morgan fingerprint density at radius 3 is 2.64 bits per heavy atom. The second-order valence-corrected chi connectivity index (χ2v) is 13.0. The summed E-state index contributed by atoms with van der Waals surface area (Å²) >= 11 is 0.868. The molecule has 8 rings (SSSR count). The minimum atomic E-state index is -0.794. The van der Waals surface area contributed by atoms with E-state index in [1.165, 1.54) is 0 Å². The number of thiophene rings is 1. The molecule has 0 aliphatic carbocycles. The Labute approximate surface area is 243 Å². The zero-order chi connectivity index (χ0) is 29.5. The van der Waals surface area contributed by atoms with E-state index in [9.17, 15) is 10.1 Å². The zero-order valence-corrected chi connectivity index (χ0v) is 24.2. The summed E-state index contributed by atoms with van der Waals surface area (Å²) in [5, 5.41) is 13.4. The first-order chi connectivity index (χ1) is 20.0. The number of ether oxygens (including phenoxy) is 2. The molecular weight excluding hydrogens is 564 g/mol. The molecule has 4 aromatic rings. The maximum Gasteiger partial charge on any atom is 0.412 e. The highest BCUT2D eigenvalue weighted by molar-refractivity contribution is 7.23. The van der Waals surface area contributed by atoms with E-state index in [0.29, 0.717) is 16.9 Å². The summed E-state index contributed by atoms with van der Waals surface area (Å²) < 4.78 is 43.0. The van der Waals surface area contributed by atoms with Crippen LogP contribution in [0.2, 0.25) is 0 Å². The first-order valence-corrected chi connectivity index (χ1v) is 14.4. The Hall–Kier alpha value is -3.99. The number of aromatic nitrogens is 3. The van der Waals surface area contributed by atoms with E-state index < -0.39 is 23.3 Å². The molecule has 10 nitrogen and oxygen atoms in total. The number of rotatable bonds is 3. The van der Waals surface area contributed by atoms with Crippen LogP contribution in [0.5, 0.6) is 0 Å². The minimum absolute atomic E-state index is 0.0316. The number of carbonyl (C=O) groups excluding carboxylic acids is 1. The fraction of sp³-hybridized carbons (Fsp3) is 0.414. The van der Waals surface area contributed by atoms with E-state index in [4.69, 9.17) is 14.5 Å². The van der Waals surface area contributed by atoms with Gasteiger partial charge in [0.1, 0.15) is 22.2 Å². The maximum absolute atomic E-state index is 16.7. The number of hydrogen-bond acceptors (Lipinski definition) is 10. The highest BCUT2D eigenvalue weighted by atomic mass is 32.1. The Balaban J connectivity index is 1.41. The fourth-order valence-electron chi connectivity index (χ4n) is 6.27. The topological polar surface area (TPSA) is 116 Å². The summed E-state index contributed by atoms with van der Waals surface area (Å²) in [7, 11) is 2.08. The van der Waals surface area contributed by atoms with E-state index >= 15 is 8.78 Å². The summed E-state index contributed by atoms with van der Waals surface area (Å²) in [5.74, 6) is -0.867. The number of anilines is 2. The Morgan fingerprint density at radius 2 is 1.93 bits per heavy atom. The van der Waals surface area contributed by atoms with Gasteiger partial charge in [0.25, 0.3) is 0 Å². The van der Waals surface area contributed by atoms with Crippen LogP contribution in [-0.2, 0) is 22.7 Å². The van der Waals surface area contributed by atoms with Crippen LogP contribution in [0.4, 0.5) is 24.5 Å². The highest BCUT2D eigenvalue weighted by Gasteiger charge is 2.45. The highest BCUT2D eigenvalue weighted by Crippen LogP contribution is 2.46. The molecule has 0 saturated carbocycles. The number of piperazine rings is 1. The Kier molecular flexibility index (Phi) is 6.09. The molecule has 4 aliphatic heterocycles. The number of carbonyl (C=O) groups is 1. The lowest BCUT2D eigenvalue weighted by Crippen LogP contribution is -2.68. The first-order valence-electron chi connectivity index (χ1n) is 13.6. The van der Waals surface area contributed by atoms with Gasteiger partial charge in [-0.05, 0) is 45.4 Å². The van der Waals surface area contributed by atoms with E-state index in [-0.39, 0.29) is 62.7 Å². The quantitative estimate of drug-likeness (QED) is 0.338. The standard InChI is InChI=1S/C29H27F2N7O3S/c1-29(2,3)41-28(39)36-26-15(6-32)21-24(33-8-19(30)25(21)42-26)20-18-12-40-11-17(18)16-7-34-27(35-23(16)22(20)31)38-13-5-14(38)10-37(4)9-13/h7-8,13-14H,5,9-12H2,1-4H3,(H,36,39). The molecule has 42 heavy (non-hydrogen) atoms. The lowest BCUT2D eigenvalue weighted by atomic mass is 9.88. The van der Waals surface area contributed by atoms with Crippen molar-refractivity contribution in [3.05, 3.63) is 40.7 Å². The average molecular weight is 592 g/mol. The van der Waals surface area contributed by atoms with Gasteiger partial charge in [-0.15, -0.1) is 11.3 Å². The van der Waals surface area contributed by atoms with Gasteiger partial charge < -0.3 is 19.3 Å². The van der Waals surface area contributed by atoms with Crippen LogP contribution >= 0.6 is 11.3 Å². The summed E-state index contributed by atoms with van der Waals surface area (Å²) in [6, 6.07) is 2.59. The van der Waals surface area contributed by atoms with Gasteiger partial charge in [-0.2, -0.15) is 5.26 Å². The smallest absolute Gasteiger partial charge is 0.412 e. The molecule has 1 aromatic carbocycles. The van der Waals surface area contributed by atoms with Crippen molar-refractivity contribution in [2.45, 2.75) is 58.1 Å². The van der Waals surface area contributed by atoms with Crippen molar-refractivity contribution >= 4 is 49.4 Å². The van der Waals surface area contributed by atoms with Crippen molar-refractivity contribution < 1.29 is 23.0 Å². The molecule has 3 aromatic heterocycles. The number of pyridine rings is 1. The predicted octanol–water partition coefficient (Wildman–Crippen LogP) is 5.33. The van der Waals surface area contributed by atoms with Crippen LogP contribution in [0.15, 0.2) is 12.4 Å². The second-order valence-electron chi connectivity index (χ2n) is 11.9.